The maximum Gasteiger partial charge on any atom is 0.0437 e. The monoisotopic (exact) mass is 184 g/mol. The molecule has 0 aliphatic heterocycles. The topological polar surface area (TPSA) is 0 Å². The maximum absolute atomic E-state index is 4.50. The number of rotatable bonds is 2. The largest absolute Gasteiger partial charge is 0.178 e. The number of thiol groups is 2. The first-order valence-electron chi connectivity index (χ1n) is 3.55. The molecule has 1 atom stereocenters. The van der Waals surface area contributed by atoms with Crippen molar-refractivity contribution in [3.05, 3.63) is 35.9 Å². The summed E-state index contributed by atoms with van der Waals surface area (Å²) in [5.74, 6) is 0.750. The SMILES string of the molecule is CC(S)(CS)c1ccccc1. The Hall–Kier alpha value is -0.0800. The molecule has 0 aromatic heterocycles. The first-order valence-corrected chi connectivity index (χ1v) is 4.63. The van der Waals surface area contributed by atoms with Crippen LogP contribution in [0.1, 0.15) is 12.5 Å². The van der Waals surface area contributed by atoms with Gasteiger partial charge in [-0.1, -0.05) is 30.3 Å². The number of hydrogen-bond donors (Lipinski definition) is 2. The van der Waals surface area contributed by atoms with Gasteiger partial charge in [0.15, 0.2) is 0 Å². The first-order chi connectivity index (χ1) is 5.17. The van der Waals surface area contributed by atoms with Crippen LogP contribution in [0.2, 0.25) is 0 Å². The molecule has 60 valence electrons. The van der Waals surface area contributed by atoms with Crippen LogP contribution in [-0.4, -0.2) is 5.75 Å². The Morgan fingerprint density at radius 3 is 2.27 bits per heavy atom. The lowest BCUT2D eigenvalue weighted by molar-refractivity contribution is 0.808. The van der Waals surface area contributed by atoms with Crippen LogP contribution in [0.5, 0.6) is 0 Å². The lowest BCUT2D eigenvalue weighted by atomic mass is 10.0. The average molecular weight is 184 g/mol. The van der Waals surface area contributed by atoms with Crippen LogP contribution in [0.15, 0.2) is 30.3 Å². The Morgan fingerprint density at radius 1 is 1.27 bits per heavy atom. The van der Waals surface area contributed by atoms with E-state index in [1.807, 2.05) is 18.2 Å². The van der Waals surface area contributed by atoms with Gasteiger partial charge in [-0.05, 0) is 12.5 Å². The highest BCUT2D eigenvalue weighted by Crippen LogP contribution is 2.28. The van der Waals surface area contributed by atoms with E-state index in [4.69, 9.17) is 0 Å². The molecule has 11 heavy (non-hydrogen) atoms. The summed E-state index contributed by atoms with van der Waals surface area (Å²) >= 11 is 8.74. The molecular weight excluding hydrogens is 172 g/mol. The molecule has 1 rings (SSSR count). The zero-order chi connectivity index (χ0) is 8.32. The van der Waals surface area contributed by atoms with Crippen molar-refractivity contribution in [3.63, 3.8) is 0 Å². The van der Waals surface area contributed by atoms with Crippen LogP contribution in [0.25, 0.3) is 0 Å². The molecule has 0 amide bonds. The Labute approximate surface area is 78.8 Å². The smallest absolute Gasteiger partial charge is 0.0437 e. The molecule has 1 aromatic carbocycles. The Morgan fingerprint density at radius 2 is 1.82 bits per heavy atom. The van der Waals surface area contributed by atoms with Crippen molar-refractivity contribution in [2.45, 2.75) is 11.7 Å². The standard InChI is InChI=1S/C9H12S2/c1-9(11,7-10)8-5-3-2-4-6-8/h2-6,10-11H,7H2,1H3. The van der Waals surface area contributed by atoms with Crippen LogP contribution >= 0.6 is 25.3 Å². The summed E-state index contributed by atoms with van der Waals surface area (Å²) in [7, 11) is 0. The van der Waals surface area contributed by atoms with E-state index in [1.54, 1.807) is 0 Å². The van der Waals surface area contributed by atoms with Gasteiger partial charge in [-0.25, -0.2) is 0 Å². The van der Waals surface area contributed by atoms with Crippen LogP contribution in [0, 0.1) is 0 Å². The lowest BCUT2D eigenvalue weighted by Crippen LogP contribution is -2.15. The van der Waals surface area contributed by atoms with Crippen molar-refractivity contribution in [1.29, 1.82) is 0 Å². The molecule has 0 bridgehead atoms. The predicted octanol–water partition coefficient (Wildman–Crippen LogP) is 2.76. The van der Waals surface area contributed by atoms with Gasteiger partial charge in [0.05, 0.1) is 0 Å². The van der Waals surface area contributed by atoms with Gasteiger partial charge in [0.2, 0.25) is 0 Å². The fourth-order valence-electron chi connectivity index (χ4n) is 0.888. The summed E-state index contributed by atoms with van der Waals surface area (Å²) < 4.78 is -0.107. The van der Waals surface area contributed by atoms with Crippen LogP contribution in [0.3, 0.4) is 0 Å². The van der Waals surface area contributed by atoms with Crippen LogP contribution in [-0.2, 0) is 4.75 Å². The van der Waals surface area contributed by atoms with E-state index < -0.39 is 0 Å². The Kier molecular flexibility index (Phi) is 2.90. The molecule has 1 aromatic rings. The predicted molar refractivity (Wildman–Crippen MR) is 56.6 cm³/mol. The molecule has 2 heteroatoms. The minimum absolute atomic E-state index is 0.107. The van der Waals surface area contributed by atoms with Gasteiger partial charge in [-0.15, -0.1) is 0 Å². The first kappa shape index (κ1) is 9.01. The van der Waals surface area contributed by atoms with Gasteiger partial charge >= 0.3 is 0 Å². The quantitative estimate of drug-likeness (QED) is 0.649. The van der Waals surface area contributed by atoms with E-state index in [0.29, 0.717) is 0 Å². The number of benzene rings is 1. The average Bonchev–Trinajstić information content (AvgIpc) is 2.06. The molecule has 0 saturated heterocycles. The van der Waals surface area contributed by atoms with E-state index in [2.05, 4.69) is 44.3 Å². The van der Waals surface area contributed by atoms with E-state index >= 15 is 0 Å². The second kappa shape index (κ2) is 3.55. The molecule has 0 radical (unpaired) electrons. The minimum atomic E-state index is -0.107. The summed E-state index contributed by atoms with van der Waals surface area (Å²) in [6, 6.07) is 10.2. The van der Waals surface area contributed by atoms with Crippen molar-refractivity contribution >= 4 is 25.3 Å². The molecule has 0 N–H and O–H groups in total. The fraction of sp³-hybridized carbons (Fsp3) is 0.333. The third-order valence-corrected chi connectivity index (χ3v) is 3.00. The van der Waals surface area contributed by atoms with Gasteiger partial charge in [-0.2, -0.15) is 25.3 Å². The van der Waals surface area contributed by atoms with E-state index in [9.17, 15) is 0 Å². The van der Waals surface area contributed by atoms with Crippen molar-refractivity contribution < 1.29 is 0 Å². The molecule has 0 spiro atoms. The second-order valence-corrected chi connectivity index (χ2v) is 4.10. The molecule has 0 heterocycles. The molecule has 0 aliphatic rings. The van der Waals surface area contributed by atoms with Crippen molar-refractivity contribution in [1.82, 2.24) is 0 Å². The molecule has 0 aliphatic carbocycles. The second-order valence-electron chi connectivity index (χ2n) is 2.80. The van der Waals surface area contributed by atoms with Crippen molar-refractivity contribution in [3.8, 4) is 0 Å². The molecule has 1 unspecified atom stereocenters. The van der Waals surface area contributed by atoms with Gasteiger partial charge in [-0.3, -0.25) is 0 Å². The zero-order valence-electron chi connectivity index (χ0n) is 6.49. The molecule has 0 saturated carbocycles. The zero-order valence-corrected chi connectivity index (χ0v) is 8.28. The van der Waals surface area contributed by atoms with E-state index in [1.165, 1.54) is 5.56 Å². The number of hydrogen-bond acceptors (Lipinski definition) is 2. The van der Waals surface area contributed by atoms with Gasteiger partial charge in [0.1, 0.15) is 0 Å². The molecular formula is C9H12S2. The summed E-state index contributed by atoms with van der Waals surface area (Å²) in [6.45, 7) is 2.07. The van der Waals surface area contributed by atoms with Crippen LogP contribution in [0.4, 0.5) is 0 Å². The van der Waals surface area contributed by atoms with E-state index in [-0.39, 0.29) is 4.75 Å². The fourth-order valence-corrected chi connectivity index (χ4v) is 1.22. The van der Waals surface area contributed by atoms with Gasteiger partial charge in [0.25, 0.3) is 0 Å². The van der Waals surface area contributed by atoms with E-state index in [0.717, 1.165) is 5.75 Å². The third kappa shape index (κ3) is 2.17. The van der Waals surface area contributed by atoms with Gasteiger partial charge < -0.3 is 0 Å². The highest BCUT2D eigenvalue weighted by molar-refractivity contribution is 7.85. The summed E-state index contributed by atoms with van der Waals surface area (Å²) in [5.41, 5.74) is 1.22. The third-order valence-electron chi connectivity index (χ3n) is 1.70. The van der Waals surface area contributed by atoms with Crippen molar-refractivity contribution in [2.24, 2.45) is 0 Å². The normalized spacial score (nSPS) is 15.9. The highest BCUT2D eigenvalue weighted by atomic mass is 32.1. The summed E-state index contributed by atoms with van der Waals surface area (Å²) in [5, 5.41) is 0. The maximum atomic E-state index is 4.50. The van der Waals surface area contributed by atoms with Crippen LogP contribution < -0.4 is 0 Å². The summed E-state index contributed by atoms with van der Waals surface area (Å²) in [6.07, 6.45) is 0. The summed E-state index contributed by atoms with van der Waals surface area (Å²) in [4.78, 5) is 0. The Bertz CT molecular complexity index is 216. The van der Waals surface area contributed by atoms with Crippen molar-refractivity contribution in [2.75, 3.05) is 5.75 Å². The minimum Gasteiger partial charge on any atom is -0.178 e. The Balaban J connectivity index is 2.93. The molecule has 0 nitrogen and oxygen atoms in total. The lowest BCUT2D eigenvalue weighted by Gasteiger charge is -2.21. The molecule has 0 fully saturated rings. The highest BCUT2D eigenvalue weighted by Gasteiger charge is 2.18. The van der Waals surface area contributed by atoms with Gasteiger partial charge in [0, 0.05) is 10.5 Å².